The number of aromatic hydroxyl groups is 1. The van der Waals surface area contributed by atoms with E-state index in [0.717, 1.165) is 0 Å². The molecule has 0 amide bonds. The van der Waals surface area contributed by atoms with Crippen LogP contribution in [0.4, 0.5) is 0 Å². The van der Waals surface area contributed by atoms with Gasteiger partial charge in [0.2, 0.25) is 0 Å². The lowest BCUT2D eigenvalue weighted by Gasteiger charge is -2.23. The van der Waals surface area contributed by atoms with Crippen LogP contribution in [0.1, 0.15) is 0 Å². The predicted octanol–water partition coefficient (Wildman–Crippen LogP) is 2.21. The van der Waals surface area contributed by atoms with E-state index in [4.69, 9.17) is 0 Å². The van der Waals surface area contributed by atoms with Crippen molar-refractivity contribution in [2.75, 3.05) is 0 Å². The molecule has 0 spiro atoms. The summed E-state index contributed by atoms with van der Waals surface area (Å²) in [6, 6.07) is 18.2. The topological polar surface area (TPSA) is 20.2 Å². The van der Waals surface area contributed by atoms with Crippen LogP contribution in [0.3, 0.4) is 0 Å². The van der Waals surface area contributed by atoms with E-state index in [-0.39, 0.29) is 0 Å². The molecule has 0 aliphatic rings. The van der Waals surface area contributed by atoms with E-state index in [0.29, 0.717) is 5.75 Å². The van der Waals surface area contributed by atoms with Crippen molar-refractivity contribution < 1.29 is 5.11 Å². The standard InChI is InChI=1S/C14H16OSi/c1-16(2,13-8-4-3-5-9-13)14-10-6-7-12(15)11-14/h3-11,15H,1-2H3. The summed E-state index contributed by atoms with van der Waals surface area (Å²) < 4.78 is 0. The first-order valence-electron chi connectivity index (χ1n) is 5.46. The minimum Gasteiger partial charge on any atom is -0.508 e. The molecule has 0 fully saturated rings. The van der Waals surface area contributed by atoms with E-state index >= 15 is 0 Å². The molecule has 1 nitrogen and oxygen atoms in total. The Morgan fingerprint density at radius 3 is 2.06 bits per heavy atom. The molecule has 1 N–H and O–H groups in total. The Morgan fingerprint density at radius 1 is 0.812 bits per heavy atom. The van der Waals surface area contributed by atoms with E-state index in [1.54, 1.807) is 6.07 Å². The molecule has 2 rings (SSSR count). The molecule has 0 saturated carbocycles. The van der Waals surface area contributed by atoms with Crippen LogP contribution in [0.25, 0.3) is 0 Å². The normalized spacial score (nSPS) is 11.4. The molecule has 0 heterocycles. The van der Waals surface area contributed by atoms with Crippen molar-refractivity contribution in [2.24, 2.45) is 0 Å². The van der Waals surface area contributed by atoms with Crippen LogP contribution in [0.15, 0.2) is 54.6 Å². The maximum absolute atomic E-state index is 9.55. The second kappa shape index (κ2) is 4.14. The van der Waals surface area contributed by atoms with Crippen LogP contribution in [0, 0.1) is 0 Å². The van der Waals surface area contributed by atoms with Crippen molar-refractivity contribution in [3.8, 4) is 5.75 Å². The van der Waals surface area contributed by atoms with Gasteiger partial charge in [-0.1, -0.05) is 65.9 Å². The lowest BCUT2D eigenvalue weighted by molar-refractivity contribution is 0.476. The quantitative estimate of drug-likeness (QED) is 0.781. The fraction of sp³-hybridized carbons (Fsp3) is 0.143. The number of benzene rings is 2. The summed E-state index contributed by atoms with van der Waals surface area (Å²) in [5.74, 6) is 0.356. The summed E-state index contributed by atoms with van der Waals surface area (Å²) >= 11 is 0. The average molecular weight is 228 g/mol. The maximum atomic E-state index is 9.55. The first kappa shape index (κ1) is 11.0. The molecule has 0 saturated heterocycles. The molecule has 0 unspecified atom stereocenters. The molecule has 16 heavy (non-hydrogen) atoms. The molecular formula is C14H16OSi. The lowest BCUT2D eigenvalue weighted by Crippen LogP contribution is -2.52. The second-order valence-electron chi connectivity index (χ2n) is 4.54. The third kappa shape index (κ3) is 2.02. The van der Waals surface area contributed by atoms with Crippen LogP contribution < -0.4 is 10.4 Å². The first-order valence-corrected chi connectivity index (χ1v) is 8.46. The molecule has 0 atom stereocenters. The van der Waals surface area contributed by atoms with E-state index in [1.807, 2.05) is 18.2 Å². The summed E-state index contributed by atoms with van der Waals surface area (Å²) in [5, 5.41) is 12.2. The van der Waals surface area contributed by atoms with Crippen molar-refractivity contribution in [1.29, 1.82) is 0 Å². The van der Waals surface area contributed by atoms with Crippen LogP contribution in [0.5, 0.6) is 5.75 Å². The zero-order valence-corrected chi connectivity index (χ0v) is 10.6. The van der Waals surface area contributed by atoms with E-state index in [9.17, 15) is 5.11 Å². The van der Waals surface area contributed by atoms with Crippen LogP contribution in [0.2, 0.25) is 13.1 Å². The molecule has 82 valence electrons. The summed E-state index contributed by atoms with van der Waals surface area (Å²) in [5.41, 5.74) is 0. The highest BCUT2D eigenvalue weighted by molar-refractivity contribution is 7.00. The fourth-order valence-corrected chi connectivity index (χ4v) is 4.30. The van der Waals surface area contributed by atoms with Gasteiger partial charge in [-0.15, -0.1) is 0 Å². The first-order chi connectivity index (χ1) is 7.60. The third-order valence-corrected chi connectivity index (χ3v) is 6.59. The highest BCUT2D eigenvalue weighted by Crippen LogP contribution is 2.10. The van der Waals surface area contributed by atoms with Crippen molar-refractivity contribution >= 4 is 18.4 Å². The van der Waals surface area contributed by atoms with Crippen molar-refractivity contribution in [1.82, 2.24) is 0 Å². The summed E-state index contributed by atoms with van der Waals surface area (Å²) in [7, 11) is -1.65. The van der Waals surface area contributed by atoms with Crippen LogP contribution in [-0.4, -0.2) is 13.2 Å². The Morgan fingerprint density at radius 2 is 1.44 bits per heavy atom. The van der Waals surface area contributed by atoms with Gasteiger partial charge in [-0.05, 0) is 12.1 Å². The monoisotopic (exact) mass is 228 g/mol. The molecule has 0 aliphatic heterocycles. The van der Waals surface area contributed by atoms with E-state index in [2.05, 4.69) is 43.4 Å². The van der Waals surface area contributed by atoms with Gasteiger partial charge in [0.25, 0.3) is 0 Å². The minimum atomic E-state index is -1.65. The van der Waals surface area contributed by atoms with Gasteiger partial charge in [0, 0.05) is 0 Å². The summed E-state index contributed by atoms with van der Waals surface area (Å²) in [6.07, 6.45) is 0. The summed E-state index contributed by atoms with van der Waals surface area (Å²) in [4.78, 5) is 0. The van der Waals surface area contributed by atoms with Crippen molar-refractivity contribution in [3.63, 3.8) is 0 Å². The number of phenols is 1. The lowest BCUT2D eigenvalue weighted by atomic mass is 10.3. The van der Waals surface area contributed by atoms with Gasteiger partial charge in [-0.2, -0.15) is 0 Å². The Labute approximate surface area is 97.4 Å². The highest BCUT2D eigenvalue weighted by Gasteiger charge is 2.25. The SMILES string of the molecule is C[Si](C)(c1ccccc1)c1cccc(O)c1. The van der Waals surface area contributed by atoms with Gasteiger partial charge >= 0.3 is 0 Å². The predicted molar refractivity (Wildman–Crippen MR) is 71.3 cm³/mol. The van der Waals surface area contributed by atoms with Gasteiger partial charge in [0.1, 0.15) is 13.8 Å². The van der Waals surface area contributed by atoms with E-state index < -0.39 is 8.07 Å². The van der Waals surface area contributed by atoms with Crippen molar-refractivity contribution in [3.05, 3.63) is 54.6 Å². The zero-order chi connectivity index (χ0) is 11.6. The van der Waals surface area contributed by atoms with Crippen molar-refractivity contribution in [2.45, 2.75) is 13.1 Å². The Bertz CT molecular complexity index is 477. The molecule has 2 aromatic carbocycles. The zero-order valence-electron chi connectivity index (χ0n) is 9.64. The largest absolute Gasteiger partial charge is 0.508 e. The van der Waals surface area contributed by atoms with Crippen LogP contribution >= 0.6 is 0 Å². The van der Waals surface area contributed by atoms with Gasteiger partial charge in [0.15, 0.2) is 0 Å². The highest BCUT2D eigenvalue weighted by atomic mass is 28.3. The third-order valence-electron chi connectivity index (χ3n) is 3.06. The molecular weight excluding hydrogens is 212 g/mol. The molecule has 0 aromatic heterocycles. The number of hydrogen-bond acceptors (Lipinski definition) is 1. The Kier molecular flexibility index (Phi) is 2.84. The van der Waals surface area contributed by atoms with Gasteiger partial charge in [0.05, 0.1) is 0 Å². The molecule has 0 bridgehead atoms. The molecule has 2 aromatic rings. The van der Waals surface area contributed by atoms with Gasteiger partial charge in [-0.25, -0.2) is 0 Å². The minimum absolute atomic E-state index is 0.356. The van der Waals surface area contributed by atoms with E-state index in [1.165, 1.54) is 10.4 Å². The average Bonchev–Trinajstić information content (AvgIpc) is 2.30. The Balaban J connectivity index is 2.47. The smallest absolute Gasteiger partial charge is 0.115 e. The maximum Gasteiger partial charge on any atom is 0.115 e. The van der Waals surface area contributed by atoms with Gasteiger partial charge < -0.3 is 5.11 Å². The Hall–Kier alpha value is -1.54. The molecule has 2 heteroatoms. The van der Waals surface area contributed by atoms with Crippen LogP contribution in [-0.2, 0) is 0 Å². The second-order valence-corrected chi connectivity index (χ2v) is 8.95. The number of rotatable bonds is 2. The van der Waals surface area contributed by atoms with Gasteiger partial charge in [-0.3, -0.25) is 0 Å². The number of phenolic OH excluding ortho intramolecular Hbond substituents is 1. The fourth-order valence-electron chi connectivity index (χ4n) is 1.92. The molecule has 0 aliphatic carbocycles. The molecule has 0 radical (unpaired) electrons. The number of hydrogen-bond donors (Lipinski definition) is 1. The summed E-state index contributed by atoms with van der Waals surface area (Å²) in [6.45, 7) is 4.61.